The molecule has 6 nitrogen and oxygen atoms in total. The van der Waals surface area contributed by atoms with Gasteiger partial charge in [-0.25, -0.2) is 4.98 Å². The lowest BCUT2D eigenvalue weighted by Gasteiger charge is -2.07. The van der Waals surface area contributed by atoms with Crippen molar-refractivity contribution in [2.24, 2.45) is 0 Å². The molecule has 2 aromatic heterocycles. The van der Waals surface area contributed by atoms with Crippen LogP contribution >= 0.6 is 11.3 Å². The molecule has 0 aliphatic rings. The Morgan fingerprint density at radius 1 is 1.41 bits per heavy atom. The van der Waals surface area contributed by atoms with E-state index in [1.165, 1.54) is 11.3 Å². The van der Waals surface area contributed by atoms with Gasteiger partial charge in [-0.15, -0.1) is 0 Å². The lowest BCUT2D eigenvalue weighted by atomic mass is 10.2. The standard InChI is InChI=1S/C15H17N5OS/c1-9-7-17-20(8-9)4-3-13(21)18-11-5-10(2)14-12(6-11)22-15(16)19-14/h5-8H,3-4H2,1-2H3,(H2,16,19)(H,18,21). The van der Waals surface area contributed by atoms with Gasteiger partial charge in [0.05, 0.1) is 16.4 Å². The minimum Gasteiger partial charge on any atom is -0.375 e. The van der Waals surface area contributed by atoms with Crippen molar-refractivity contribution in [3.8, 4) is 0 Å². The van der Waals surface area contributed by atoms with Crippen molar-refractivity contribution in [2.45, 2.75) is 26.8 Å². The summed E-state index contributed by atoms with van der Waals surface area (Å²) in [6, 6.07) is 3.82. The molecule has 0 spiro atoms. The second-order valence-electron chi connectivity index (χ2n) is 5.27. The molecular formula is C15H17N5OS. The number of aromatic nitrogens is 3. The molecule has 22 heavy (non-hydrogen) atoms. The number of carbonyl (C=O) groups is 1. The maximum atomic E-state index is 12.1. The third-order valence-electron chi connectivity index (χ3n) is 3.32. The first kappa shape index (κ1) is 14.5. The number of nitrogens with zero attached hydrogens (tertiary/aromatic N) is 3. The van der Waals surface area contributed by atoms with Crippen molar-refractivity contribution in [2.75, 3.05) is 11.1 Å². The minimum absolute atomic E-state index is 0.0376. The highest BCUT2D eigenvalue weighted by Crippen LogP contribution is 2.29. The van der Waals surface area contributed by atoms with Crippen LogP contribution in [0.2, 0.25) is 0 Å². The second-order valence-corrected chi connectivity index (χ2v) is 6.33. The number of rotatable bonds is 4. The SMILES string of the molecule is Cc1cnn(CCC(=O)Nc2cc(C)c3nc(N)sc3c2)c1. The number of hydrogen-bond donors (Lipinski definition) is 2. The number of hydrogen-bond acceptors (Lipinski definition) is 5. The van der Waals surface area contributed by atoms with E-state index >= 15 is 0 Å². The topological polar surface area (TPSA) is 85.8 Å². The third-order valence-corrected chi connectivity index (χ3v) is 4.15. The Morgan fingerprint density at radius 3 is 2.95 bits per heavy atom. The monoisotopic (exact) mass is 315 g/mol. The highest BCUT2D eigenvalue weighted by Gasteiger charge is 2.09. The molecule has 2 heterocycles. The fourth-order valence-corrected chi connectivity index (χ4v) is 3.17. The molecule has 0 atom stereocenters. The number of anilines is 2. The summed E-state index contributed by atoms with van der Waals surface area (Å²) in [6.45, 7) is 4.50. The summed E-state index contributed by atoms with van der Waals surface area (Å²) < 4.78 is 2.75. The summed E-state index contributed by atoms with van der Waals surface area (Å²) in [5, 5.41) is 7.63. The van der Waals surface area contributed by atoms with E-state index in [9.17, 15) is 4.79 Å². The van der Waals surface area contributed by atoms with Crippen LogP contribution in [0.15, 0.2) is 24.5 Å². The summed E-state index contributed by atoms with van der Waals surface area (Å²) >= 11 is 1.42. The van der Waals surface area contributed by atoms with Gasteiger partial charge in [0, 0.05) is 24.8 Å². The van der Waals surface area contributed by atoms with Crippen molar-refractivity contribution >= 4 is 38.3 Å². The lowest BCUT2D eigenvalue weighted by molar-refractivity contribution is -0.116. The van der Waals surface area contributed by atoms with Crippen molar-refractivity contribution < 1.29 is 4.79 Å². The van der Waals surface area contributed by atoms with Gasteiger partial charge in [-0.05, 0) is 37.1 Å². The molecule has 3 aromatic rings. The van der Waals surface area contributed by atoms with Gasteiger partial charge in [0.15, 0.2) is 5.13 Å². The molecule has 0 saturated heterocycles. The van der Waals surface area contributed by atoms with Gasteiger partial charge < -0.3 is 11.1 Å². The molecule has 0 radical (unpaired) electrons. The molecule has 0 aliphatic heterocycles. The lowest BCUT2D eigenvalue weighted by Crippen LogP contribution is -2.14. The second kappa shape index (κ2) is 5.76. The average Bonchev–Trinajstić information content (AvgIpc) is 3.02. The maximum Gasteiger partial charge on any atom is 0.226 e. The third kappa shape index (κ3) is 3.09. The quantitative estimate of drug-likeness (QED) is 0.775. The van der Waals surface area contributed by atoms with Gasteiger partial charge in [0.25, 0.3) is 0 Å². The van der Waals surface area contributed by atoms with E-state index in [0.717, 1.165) is 27.0 Å². The summed E-state index contributed by atoms with van der Waals surface area (Å²) in [4.78, 5) is 16.3. The highest BCUT2D eigenvalue weighted by atomic mass is 32.1. The van der Waals surface area contributed by atoms with Crippen molar-refractivity contribution in [1.29, 1.82) is 0 Å². The van der Waals surface area contributed by atoms with Crippen LogP contribution in [0.3, 0.4) is 0 Å². The van der Waals surface area contributed by atoms with Gasteiger partial charge >= 0.3 is 0 Å². The molecule has 114 valence electrons. The van der Waals surface area contributed by atoms with Crippen LogP contribution in [0, 0.1) is 13.8 Å². The summed E-state index contributed by atoms with van der Waals surface area (Å²) in [5.74, 6) is -0.0376. The molecule has 0 fully saturated rings. The molecular weight excluding hydrogens is 298 g/mol. The van der Waals surface area contributed by atoms with Gasteiger partial charge in [-0.2, -0.15) is 5.10 Å². The largest absolute Gasteiger partial charge is 0.375 e. The van der Waals surface area contributed by atoms with Gasteiger partial charge in [0.2, 0.25) is 5.91 Å². The Balaban J connectivity index is 1.68. The fourth-order valence-electron chi connectivity index (χ4n) is 2.31. The number of fused-ring (bicyclic) bond motifs is 1. The zero-order chi connectivity index (χ0) is 15.7. The Morgan fingerprint density at radius 2 is 2.23 bits per heavy atom. The van der Waals surface area contributed by atoms with Crippen LogP contribution < -0.4 is 11.1 Å². The number of benzene rings is 1. The molecule has 0 unspecified atom stereocenters. The first-order valence-electron chi connectivity index (χ1n) is 6.97. The van der Waals surface area contributed by atoms with E-state index in [1.807, 2.05) is 32.2 Å². The molecule has 0 aliphatic carbocycles. The molecule has 0 saturated carbocycles. The number of amides is 1. The summed E-state index contributed by atoms with van der Waals surface area (Å²) in [5.41, 5.74) is 9.49. The van der Waals surface area contributed by atoms with Crippen LogP contribution in [0.5, 0.6) is 0 Å². The average molecular weight is 315 g/mol. The van der Waals surface area contributed by atoms with Crippen LogP contribution in [0.25, 0.3) is 10.2 Å². The molecule has 1 amide bonds. The van der Waals surface area contributed by atoms with Crippen LogP contribution in [0.1, 0.15) is 17.5 Å². The molecule has 3 rings (SSSR count). The van der Waals surface area contributed by atoms with E-state index in [4.69, 9.17) is 5.73 Å². The predicted octanol–water partition coefficient (Wildman–Crippen LogP) is 2.72. The van der Waals surface area contributed by atoms with Gasteiger partial charge in [-0.1, -0.05) is 11.3 Å². The molecule has 0 bridgehead atoms. The first-order chi connectivity index (χ1) is 10.5. The number of aryl methyl sites for hydroxylation is 3. The number of carbonyl (C=O) groups excluding carboxylic acids is 1. The minimum atomic E-state index is -0.0376. The van der Waals surface area contributed by atoms with E-state index < -0.39 is 0 Å². The zero-order valence-corrected chi connectivity index (χ0v) is 13.3. The first-order valence-corrected chi connectivity index (χ1v) is 7.78. The molecule has 3 N–H and O–H groups in total. The zero-order valence-electron chi connectivity index (χ0n) is 12.5. The van der Waals surface area contributed by atoms with Gasteiger partial charge in [-0.3, -0.25) is 9.48 Å². The van der Waals surface area contributed by atoms with E-state index in [0.29, 0.717) is 18.1 Å². The van der Waals surface area contributed by atoms with E-state index in [1.54, 1.807) is 10.9 Å². The van der Waals surface area contributed by atoms with Crippen molar-refractivity contribution in [3.63, 3.8) is 0 Å². The summed E-state index contributed by atoms with van der Waals surface area (Å²) in [6.07, 6.45) is 4.08. The van der Waals surface area contributed by atoms with E-state index in [2.05, 4.69) is 15.4 Å². The smallest absolute Gasteiger partial charge is 0.226 e. The Hall–Kier alpha value is -2.41. The van der Waals surface area contributed by atoms with Crippen LogP contribution in [0.4, 0.5) is 10.8 Å². The normalized spacial score (nSPS) is 11.0. The number of nitrogens with one attached hydrogen (secondary N) is 1. The molecule has 1 aromatic carbocycles. The highest BCUT2D eigenvalue weighted by molar-refractivity contribution is 7.22. The fraction of sp³-hybridized carbons (Fsp3) is 0.267. The summed E-state index contributed by atoms with van der Waals surface area (Å²) in [7, 11) is 0. The molecule has 7 heteroatoms. The Labute approximate surface area is 132 Å². The number of thiazole rings is 1. The Kier molecular flexibility index (Phi) is 3.81. The number of nitrogen functional groups attached to an aromatic ring is 1. The van der Waals surface area contributed by atoms with Crippen LogP contribution in [-0.4, -0.2) is 20.7 Å². The number of nitrogens with two attached hydrogens (primary N) is 1. The Bertz CT molecular complexity index is 836. The van der Waals surface area contributed by atoms with E-state index in [-0.39, 0.29) is 5.91 Å². The van der Waals surface area contributed by atoms with Crippen molar-refractivity contribution in [3.05, 3.63) is 35.7 Å². The van der Waals surface area contributed by atoms with Crippen molar-refractivity contribution in [1.82, 2.24) is 14.8 Å². The maximum absolute atomic E-state index is 12.1. The predicted molar refractivity (Wildman–Crippen MR) is 89.0 cm³/mol. The van der Waals surface area contributed by atoms with Gasteiger partial charge in [0.1, 0.15) is 0 Å². The van der Waals surface area contributed by atoms with Crippen LogP contribution in [-0.2, 0) is 11.3 Å².